The van der Waals surface area contributed by atoms with Crippen LogP contribution in [0.3, 0.4) is 0 Å². The van der Waals surface area contributed by atoms with Gasteiger partial charge in [0, 0.05) is 24.7 Å². The number of sulfonamides is 1. The summed E-state index contributed by atoms with van der Waals surface area (Å²) < 4.78 is 80.9. The first kappa shape index (κ1) is 29.2. The van der Waals surface area contributed by atoms with Crippen LogP contribution in [-0.2, 0) is 25.7 Å². The molecule has 1 saturated heterocycles. The number of anilines is 1. The molecule has 2 heterocycles. The number of rotatable bonds is 6. The third-order valence-corrected chi connectivity index (χ3v) is 9.53. The van der Waals surface area contributed by atoms with Gasteiger partial charge in [-0.05, 0) is 78.9 Å². The van der Waals surface area contributed by atoms with Gasteiger partial charge in [-0.3, -0.25) is 9.10 Å². The molecule has 2 aliphatic heterocycles. The van der Waals surface area contributed by atoms with E-state index in [0.29, 0.717) is 22.2 Å². The van der Waals surface area contributed by atoms with Crippen molar-refractivity contribution in [2.24, 2.45) is 5.41 Å². The van der Waals surface area contributed by atoms with Crippen LogP contribution in [-0.4, -0.2) is 45.4 Å². The quantitative estimate of drug-likeness (QED) is 0.340. The molecular formula is C29H27ClF3NO6S. The SMILES string of the molecule is Cc1cc(Cl)cc(-c2ccc3c(c2)N(S(=O)(=O)c2cccc(C(F)(F)F)c2)C[C@H](CC2(C(=O)O)CCOCC2)O3)c1. The number of benzene rings is 3. The van der Waals surface area contributed by atoms with E-state index < -0.39 is 44.1 Å². The molecule has 0 aromatic heterocycles. The molecular weight excluding hydrogens is 583 g/mol. The molecule has 5 rings (SSSR count). The minimum atomic E-state index is -4.74. The lowest BCUT2D eigenvalue weighted by molar-refractivity contribution is -0.157. The van der Waals surface area contributed by atoms with Crippen LogP contribution in [0, 0.1) is 12.3 Å². The maximum Gasteiger partial charge on any atom is 0.416 e. The van der Waals surface area contributed by atoms with Crippen molar-refractivity contribution >= 4 is 33.3 Å². The summed E-state index contributed by atoms with van der Waals surface area (Å²) >= 11 is 6.25. The van der Waals surface area contributed by atoms with Crippen molar-refractivity contribution in [2.45, 2.75) is 43.4 Å². The largest absolute Gasteiger partial charge is 0.486 e. The topological polar surface area (TPSA) is 93.1 Å². The highest BCUT2D eigenvalue weighted by Gasteiger charge is 2.45. The molecule has 0 radical (unpaired) electrons. The summed E-state index contributed by atoms with van der Waals surface area (Å²) in [4.78, 5) is 11.8. The summed E-state index contributed by atoms with van der Waals surface area (Å²) in [5.41, 5.74) is 0.0504. The van der Waals surface area contributed by atoms with Gasteiger partial charge in [-0.1, -0.05) is 29.8 Å². The molecule has 0 spiro atoms. The number of carboxylic acid groups (broad SMARTS) is 1. The number of fused-ring (bicyclic) bond motifs is 1. The highest BCUT2D eigenvalue weighted by atomic mass is 35.5. The highest BCUT2D eigenvalue weighted by molar-refractivity contribution is 7.92. The van der Waals surface area contributed by atoms with Crippen LogP contribution < -0.4 is 9.04 Å². The summed E-state index contributed by atoms with van der Waals surface area (Å²) in [7, 11) is -4.53. The second-order valence-electron chi connectivity index (χ2n) is 10.4. The summed E-state index contributed by atoms with van der Waals surface area (Å²) in [6.45, 7) is 2.05. The Morgan fingerprint density at radius 3 is 2.46 bits per heavy atom. The van der Waals surface area contributed by atoms with Gasteiger partial charge in [0.25, 0.3) is 10.0 Å². The van der Waals surface area contributed by atoms with E-state index in [9.17, 15) is 31.5 Å². The van der Waals surface area contributed by atoms with Gasteiger partial charge in [0.15, 0.2) is 0 Å². The second-order valence-corrected chi connectivity index (χ2v) is 12.7. The first-order valence-corrected chi connectivity index (χ1v) is 14.7. The minimum absolute atomic E-state index is 0.00498. The van der Waals surface area contributed by atoms with E-state index in [4.69, 9.17) is 21.1 Å². The van der Waals surface area contributed by atoms with Crippen molar-refractivity contribution in [3.05, 3.63) is 76.8 Å². The molecule has 1 atom stereocenters. The normalized spacial score (nSPS) is 18.9. The standard InChI is InChI=1S/C29H27ClF3NO6S/c1-18-11-20(13-22(30)12-18)19-5-6-26-25(14-19)34(41(37,38)24-4-2-3-21(15-24)29(31,32)33)17-23(40-26)16-28(27(35)36)7-9-39-10-8-28/h2-6,11-15,23H,7-10,16-17H2,1H3,(H,35,36)/t23-/m0/s1. The van der Waals surface area contributed by atoms with E-state index >= 15 is 0 Å². The molecule has 3 aromatic carbocycles. The lowest BCUT2D eigenvalue weighted by Gasteiger charge is -2.40. The Kier molecular flexibility index (Phi) is 7.73. The number of halogens is 4. The highest BCUT2D eigenvalue weighted by Crippen LogP contribution is 2.44. The van der Waals surface area contributed by atoms with Gasteiger partial charge < -0.3 is 14.6 Å². The minimum Gasteiger partial charge on any atom is -0.486 e. The smallest absolute Gasteiger partial charge is 0.416 e. The molecule has 0 aliphatic carbocycles. The molecule has 0 amide bonds. The predicted molar refractivity (Wildman–Crippen MR) is 147 cm³/mol. The van der Waals surface area contributed by atoms with Crippen molar-refractivity contribution in [3.8, 4) is 16.9 Å². The zero-order valence-corrected chi connectivity index (χ0v) is 23.5. The summed E-state index contributed by atoms with van der Waals surface area (Å²) in [5, 5.41) is 10.6. The van der Waals surface area contributed by atoms with Crippen LogP contribution in [0.2, 0.25) is 5.02 Å². The number of hydrogen-bond acceptors (Lipinski definition) is 5. The summed E-state index contributed by atoms with van der Waals surface area (Å²) in [6.07, 6.45) is -5.18. The van der Waals surface area contributed by atoms with E-state index in [1.165, 1.54) is 0 Å². The first-order valence-electron chi connectivity index (χ1n) is 12.9. The van der Waals surface area contributed by atoms with Gasteiger partial charge in [-0.2, -0.15) is 13.2 Å². The summed E-state index contributed by atoms with van der Waals surface area (Å²) in [6, 6.07) is 13.8. The van der Waals surface area contributed by atoms with Gasteiger partial charge in [-0.25, -0.2) is 8.42 Å². The molecule has 1 fully saturated rings. The summed E-state index contributed by atoms with van der Waals surface area (Å²) in [5.74, 6) is -0.860. The number of aliphatic carboxylic acids is 1. The molecule has 0 unspecified atom stereocenters. The van der Waals surface area contributed by atoms with Gasteiger partial charge >= 0.3 is 12.1 Å². The van der Waals surface area contributed by atoms with E-state index in [1.54, 1.807) is 30.3 Å². The Bertz CT molecular complexity index is 1570. The third kappa shape index (κ3) is 5.89. The Hall–Kier alpha value is -3.28. The maximum atomic E-state index is 14.0. The van der Waals surface area contributed by atoms with Crippen LogP contribution >= 0.6 is 11.6 Å². The number of carbonyl (C=O) groups is 1. The number of alkyl halides is 3. The van der Waals surface area contributed by atoms with Gasteiger partial charge in [0.05, 0.1) is 28.1 Å². The number of ether oxygens (including phenoxy) is 2. The average molecular weight is 610 g/mol. The van der Waals surface area contributed by atoms with E-state index in [2.05, 4.69) is 0 Å². The van der Waals surface area contributed by atoms with Crippen LogP contribution in [0.25, 0.3) is 11.1 Å². The monoisotopic (exact) mass is 609 g/mol. The Balaban J connectivity index is 1.61. The fraction of sp³-hybridized carbons (Fsp3) is 0.345. The van der Waals surface area contributed by atoms with Gasteiger partial charge in [-0.15, -0.1) is 0 Å². The van der Waals surface area contributed by atoms with Crippen LogP contribution in [0.5, 0.6) is 5.75 Å². The molecule has 218 valence electrons. The fourth-order valence-electron chi connectivity index (χ4n) is 5.39. The molecule has 1 N–H and O–H groups in total. The zero-order valence-electron chi connectivity index (χ0n) is 21.9. The van der Waals surface area contributed by atoms with Gasteiger partial charge in [0.1, 0.15) is 11.9 Å². The zero-order chi connectivity index (χ0) is 29.6. The maximum absolute atomic E-state index is 14.0. The fourth-order valence-corrected chi connectivity index (χ4v) is 7.23. The first-order chi connectivity index (χ1) is 19.3. The van der Waals surface area contributed by atoms with Crippen LogP contribution in [0.1, 0.15) is 30.4 Å². The Labute approximate surface area is 240 Å². The molecule has 3 aromatic rings. The van der Waals surface area contributed by atoms with Crippen molar-refractivity contribution in [3.63, 3.8) is 0 Å². The van der Waals surface area contributed by atoms with E-state index in [0.717, 1.165) is 28.1 Å². The van der Waals surface area contributed by atoms with E-state index in [1.807, 2.05) is 13.0 Å². The lowest BCUT2D eigenvalue weighted by Crippen LogP contribution is -2.48. The molecule has 0 bridgehead atoms. The Morgan fingerprint density at radius 1 is 1.07 bits per heavy atom. The molecule has 0 saturated carbocycles. The second kappa shape index (κ2) is 10.8. The lowest BCUT2D eigenvalue weighted by atomic mass is 9.75. The van der Waals surface area contributed by atoms with Crippen molar-refractivity contribution in [2.75, 3.05) is 24.1 Å². The molecule has 41 heavy (non-hydrogen) atoms. The Morgan fingerprint density at radius 2 is 1.80 bits per heavy atom. The van der Waals surface area contributed by atoms with E-state index in [-0.39, 0.29) is 50.5 Å². The van der Waals surface area contributed by atoms with Crippen molar-refractivity contribution in [1.29, 1.82) is 0 Å². The van der Waals surface area contributed by atoms with Crippen LogP contribution in [0.4, 0.5) is 18.9 Å². The van der Waals surface area contributed by atoms with Crippen molar-refractivity contribution in [1.82, 2.24) is 0 Å². The number of nitrogens with zero attached hydrogens (tertiary/aromatic N) is 1. The van der Waals surface area contributed by atoms with Gasteiger partial charge in [0.2, 0.25) is 0 Å². The average Bonchev–Trinajstić information content (AvgIpc) is 2.92. The molecule has 2 aliphatic rings. The number of hydrogen-bond donors (Lipinski definition) is 1. The molecule has 7 nitrogen and oxygen atoms in total. The number of aryl methyl sites for hydroxylation is 1. The van der Waals surface area contributed by atoms with Crippen LogP contribution in [0.15, 0.2) is 65.6 Å². The third-order valence-electron chi connectivity index (χ3n) is 7.54. The number of carboxylic acids is 1. The molecule has 12 heteroatoms. The predicted octanol–water partition coefficient (Wildman–Crippen LogP) is 6.56. The van der Waals surface area contributed by atoms with Crippen molar-refractivity contribution < 1.29 is 41.0 Å².